The van der Waals surface area contributed by atoms with E-state index in [-0.39, 0.29) is 29.4 Å². The van der Waals surface area contributed by atoms with E-state index >= 15 is 0 Å². The fraction of sp³-hybridized carbons (Fsp3) is 0.435. The van der Waals surface area contributed by atoms with Crippen LogP contribution in [-0.2, 0) is 0 Å². The minimum absolute atomic E-state index is 0.0979. The molecule has 2 atom stereocenters. The zero-order valence-corrected chi connectivity index (χ0v) is 16.4. The molecule has 2 fully saturated rings. The van der Waals surface area contributed by atoms with Crippen molar-refractivity contribution in [2.24, 2.45) is 0 Å². The van der Waals surface area contributed by atoms with Gasteiger partial charge in [-0.2, -0.15) is 0 Å². The van der Waals surface area contributed by atoms with Gasteiger partial charge < -0.3 is 9.84 Å². The Bertz CT molecular complexity index is 896. The second kappa shape index (κ2) is 8.11. The Morgan fingerprint density at radius 3 is 2.55 bits per heavy atom. The van der Waals surface area contributed by atoms with E-state index in [0.717, 1.165) is 43.4 Å². The van der Waals surface area contributed by atoms with Gasteiger partial charge in [-0.1, -0.05) is 12.1 Å². The van der Waals surface area contributed by atoms with Gasteiger partial charge in [0, 0.05) is 18.7 Å². The van der Waals surface area contributed by atoms with Crippen LogP contribution >= 0.6 is 0 Å². The summed E-state index contributed by atoms with van der Waals surface area (Å²) in [4.78, 5) is 13.6. The second-order valence-corrected chi connectivity index (χ2v) is 8.05. The molecule has 1 heterocycles. The fourth-order valence-electron chi connectivity index (χ4n) is 4.10. The normalized spacial score (nSPS) is 21.0. The van der Waals surface area contributed by atoms with Crippen LogP contribution in [-0.4, -0.2) is 35.2 Å². The van der Waals surface area contributed by atoms with E-state index in [2.05, 4.69) is 11.8 Å². The number of nitrogens with zero attached hydrogens (tertiary/aromatic N) is 1. The molecular formula is C23H25F2NO3. The lowest BCUT2D eigenvalue weighted by molar-refractivity contribution is 0.0647. The molecule has 0 radical (unpaired) electrons. The highest BCUT2D eigenvalue weighted by molar-refractivity contribution is 5.88. The Morgan fingerprint density at radius 2 is 1.90 bits per heavy atom. The summed E-state index contributed by atoms with van der Waals surface area (Å²) in [7, 11) is 0. The van der Waals surface area contributed by atoms with Crippen molar-refractivity contribution in [3.8, 4) is 5.75 Å². The number of halogens is 2. The van der Waals surface area contributed by atoms with E-state index in [1.165, 1.54) is 24.3 Å². The summed E-state index contributed by atoms with van der Waals surface area (Å²) >= 11 is 0. The molecule has 154 valence electrons. The highest BCUT2D eigenvalue weighted by Gasteiger charge is 2.32. The maximum absolute atomic E-state index is 14.3. The van der Waals surface area contributed by atoms with E-state index in [9.17, 15) is 18.7 Å². The Hall–Kier alpha value is -2.47. The van der Waals surface area contributed by atoms with Crippen LogP contribution in [0.5, 0.6) is 5.75 Å². The van der Waals surface area contributed by atoms with E-state index in [4.69, 9.17) is 4.74 Å². The summed E-state index contributed by atoms with van der Waals surface area (Å²) in [5, 5.41) is 9.21. The molecule has 1 saturated carbocycles. The summed E-state index contributed by atoms with van der Waals surface area (Å²) in [5.74, 6) is -1.55. The number of carboxylic acid groups (broad SMARTS) is 1. The van der Waals surface area contributed by atoms with Crippen LogP contribution in [0.15, 0.2) is 36.4 Å². The maximum atomic E-state index is 14.3. The monoisotopic (exact) mass is 401 g/mol. The summed E-state index contributed by atoms with van der Waals surface area (Å²) < 4.78 is 33.7. The molecule has 0 spiro atoms. The average molecular weight is 401 g/mol. The van der Waals surface area contributed by atoms with Crippen LogP contribution in [0.4, 0.5) is 8.78 Å². The molecule has 4 nitrogen and oxygen atoms in total. The summed E-state index contributed by atoms with van der Waals surface area (Å²) in [6.07, 6.45) is 3.65. The van der Waals surface area contributed by atoms with Gasteiger partial charge in [0.15, 0.2) is 0 Å². The molecule has 6 heteroatoms. The van der Waals surface area contributed by atoms with Crippen LogP contribution in [0.2, 0.25) is 0 Å². The third-order valence-electron chi connectivity index (χ3n) is 5.95. The lowest BCUT2D eigenvalue weighted by Gasteiger charge is -2.37. The number of ether oxygens (including phenoxy) is 1. The topological polar surface area (TPSA) is 49.8 Å². The quantitative estimate of drug-likeness (QED) is 0.728. The third kappa shape index (κ3) is 4.42. The SMILES string of the molecule is CC(c1ccc(F)cc1)N1CCC[C@@H](Oc2cc(F)c(C(=O)O)cc2C2CC2)C1. The molecule has 0 aromatic heterocycles. The van der Waals surface area contributed by atoms with Gasteiger partial charge in [-0.25, -0.2) is 13.6 Å². The molecule has 2 aliphatic rings. The standard InChI is InChI=1S/C23H25F2NO3/c1-14(15-6-8-17(24)9-7-15)26-10-2-3-18(13-26)29-22-12-21(25)20(23(27)28)11-19(22)16-4-5-16/h6-9,11-12,14,16,18H,2-5,10,13H2,1H3,(H,27,28)/t14?,18-/m1/s1. The van der Waals surface area contributed by atoms with E-state index in [0.29, 0.717) is 12.3 Å². The molecular weight excluding hydrogens is 376 g/mol. The second-order valence-electron chi connectivity index (χ2n) is 8.05. The number of piperidine rings is 1. The van der Waals surface area contributed by atoms with Gasteiger partial charge in [0.2, 0.25) is 0 Å². The predicted molar refractivity (Wildman–Crippen MR) is 105 cm³/mol. The zero-order valence-electron chi connectivity index (χ0n) is 16.4. The molecule has 2 aromatic carbocycles. The number of carbonyl (C=O) groups is 1. The van der Waals surface area contributed by atoms with Crippen molar-refractivity contribution in [1.82, 2.24) is 4.90 Å². The number of carboxylic acids is 1. The lowest BCUT2D eigenvalue weighted by Crippen LogP contribution is -2.42. The molecule has 1 N–H and O–H groups in total. The van der Waals surface area contributed by atoms with E-state index in [1.807, 2.05) is 0 Å². The first-order chi connectivity index (χ1) is 13.9. The van der Waals surface area contributed by atoms with Gasteiger partial charge in [0.25, 0.3) is 0 Å². The van der Waals surface area contributed by atoms with Crippen molar-refractivity contribution in [3.63, 3.8) is 0 Å². The summed E-state index contributed by atoms with van der Waals surface area (Å²) in [6.45, 7) is 3.69. The van der Waals surface area contributed by atoms with E-state index < -0.39 is 11.8 Å². The number of likely N-dealkylation sites (tertiary alicyclic amines) is 1. The summed E-state index contributed by atoms with van der Waals surface area (Å²) in [5.41, 5.74) is 1.55. The van der Waals surface area contributed by atoms with Gasteiger partial charge in [0.1, 0.15) is 23.5 Å². The summed E-state index contributed by atoms with van der Waals surface area (Å²) in [6, 6.07) is 9.34. The number of benzene rings is 2. The van der Waals surface area contributed by atoms with Gasteiger partial charge >= 0.3 is 5.97 Å². The van der Waals surface area contributed by atoms with Crippen LogP contribution in [0.25, 0.3) is 0 Å². The Balaban J connectivity index is 1.50. The van der Waals surface area contributed by atoms with Crippen molar-refractivity contribution in [3.05, 3.63) is 64.7 Å². The predicted octanol–water partition coefficient (Wildman–Crippen LogP) is 5.14. The Labute approximate surface area is 169 Å². The first-order valence-corrected chi connectivity index (χ1v) is 10.1. The first-order valence-electron chi connectivity index (χ1n) is 10.1. The number of rotatable bonds is 6. The molecule has 29 heavy (non-hydrogen) atoms. The number of hydrogen-bond acceptors (Lipinski definition) is 3. The highest BCUT2D eigenvalue weighted by Crippen LogP contribution is 2.45. The molecule has 1 saturated heterocycles. The molecule has 1 aliphatic carbocycles. The average Bonchev–Trinajstić information content (AvgIpc) is 3.53. The molecule has 0 bridgehead atoms. The van der Waals surface area contributed by atoms with Crippen LogP contribution in [0.1, 0.15) is 66.1 Å². The molecule has 1 aliphatic heterocycles. The lowest BCUT2D eigenvalue weighted by atomic mass is 10.0. The van der Waals surface area contributed by atoms with Gasteiger partial charge in [-0.15, -0.1) is 0 Å². The van der Waals surface area contributed by atoms with Crippen molar-refractivity contribution in [1.29, 1.82) is 0 Å². The number of aromatic carboxylic acids is 1. The van der Waals surface area contributed by atoms with Crippen molar-refractivity contribution in [2.45, 2.75) is 50.7 Å². The minimum atomic E-state index is -1.26. The zero-order chi connectivity index (χ0) is 20.5. The van der Waals surface area contributed by atoms with Crippen LogP contribution < -0.4 is 4.74 Å². The van der Waals surface area contributed by atoms with Gasteiger partial charge in [-0.3, -0.25) is 4.90 Å². The largest absolute Gasteiger partial charge is 0.489 e. The molecule has 1 unspecified atom stereocenters. The third-order valence-corrected chi connectivity index (χ3v) is 5.95. The Kier molecular flexibility index (Phi) is 5.54. The number of hydrogen-bond donors (Lipinski definition) is 1. The minimum Gasteiger partial charge on any atom is -0.489 e. The molecule has 4 rings (SSSR count). The van der Waals surface area contributed by atoms with Crippen molar-refractivity contribution in [2.75, 3.05) is 13.1 Å². The highest BCUT2D eigenvalue weighted by atomic mass is 19.1. The van der Waals surface area contributed by atoms with Crippen LogP contribution in [0, 0.1) is 11.6 Å². The Morgan fingerprint density at radius 1 is 1.17 bits per heavy atom. The smallest absolute Gasteiger partial charge is 0.338 e. The van der Waals surface area contributed by atoms with Crippen molar-refractivity contribution >= 4 is 5.97 Å². The van der Waals surface area contributed by atoms with Gasteiger partial charge in [0.05, 0.1) is 5.56 Å². The van der Waals surface area contributed by atoms with Crippen LogP contribution in [0.3, 0.4) is 0 Å². The fourth-order valence-corrected chi connectivity index (χ4v) is 4.10. The first kappa shape index (κ1) is 19.8. The molecule has 2 aromatic rings. The van der Waals surface area contributed by atoms with Crippen molar-refractivity contribution < 1.29 is 23.4 Å². The molecule has 0 amide bonds. The van der Waals surface area contributed by atoms with Gasteiger partial charge in [-0.05, 0) is 74.4 Å². The maximum Gasteiger partial charge on any atom is 0.338 e. The van der Waals surface area contributed by atoms with E-state index in [1.54, 1.807) is 12.1 Å².